The summed E-state index contributed by atoms with van der Waals surface area (Å²) in [4.78, 5) is 46.1. The van der Waals surface area contributed by atoms with Gasteiger partial charge in [-0.15, -0.1) is 0 Å². The Labute approximate surface area is 206 Å². The van der Waals surface area contributed by atoms with E-state index in [0.29, 0.717) is 26.7 Å². The van der Waals surface area contributed by atoms with Gasteiger partial charge in [0.15, 0.2) is 10.6 Å². The predicted molar refractivity (Wildman–Crippen MR) is 135 cm³/mol. The molecule has 1 amide bonds. The van der Waals surface area contributed by atoms with Gasteiger partial charge in [0.25, 0.3) is 5.91 Å². The van der Waals surface area contributed by atoms with Crippen LogP contribution in [0.25, 0.3) is 11.0 Å². The SMILES string of the molecule is CCc1ccc(C2c3c(oc4cc(C)c(C)cc4c3=O)C(=O)N2c2nc(C)c(C(=O)OC)s2)cc1. The molecule has 178 valence electrons. The van der Waals surface area contributed by atoms with Gasteiger partial charge in [-0.1, -0.05) is 42.5 Å². The molecule has 5 rings (SSSR count). The molecule has 0 saturated heterocycles. The average Bonchev–Trinajstić information content (AvgIpc) is 3.37. The minimum Gasteiger partial charge on any atom is -0.465 e. The van der Waals surface area contributed by atoms with Crippen LogP contribution in [0.3, 0.4) is 0 Å². The molecule has 0 radical (unpaired) electrons. The van der Waals surface area contributed by atoms with Crippen molar-refractivity contribution in [1.82, 2.24) is 4.98 Å². The van der Waals surface area contributed by atoms with Crippen LogP contribution in [0.1, 0.15) is 66.7 Å². The molecule has 0 fully saturated rings. The lowest BCUT2D eigenvalue weighted by Crippen LogP contribution is -2.29. The van der Waals surface area contributed by atoms with Crippen LogP contribution < -0.4 is 10.3 Å². The number of fused-ring (bicyclic) bond motifs is 2. The third kappa shape index (κ3) is 3.56. The van der Waals surface area contributed by atoms with Crippen molar-refractivity contribution in [2.24, 2.45) is 0 Å². The van der Waals surface area contributed by atoms with E-state index in [1.807, 2.05) is 44.2 Å². The highest BCUT2D eigenvalue weighted by Gasteiger charge is 2.45. The van der Waals surface area contributed by atoms with Crippen LogP contribution in [-0.4, -0.2) is 24.0 Å². The van der Waals surface area contributed by atoms with E-state index in [9.17, 15) is 14.4 Å². The standard InChI is InChI=1S/C27H24N2O5S/c1-6-16-7-9-17(10-8-16)21-20-22(30)18-11-13(2)14(3)12-19(18)34-23(20)25(31)29(21)27-28-15(4)24(35-27)26(32)33-5/h7-12,21H,6H2,1-5H3. The number of aryl methyl sites for hydroxylation is 4. The Morgan fingerprint density at radius 1 is 1.11 bits per heavy atom. The van der Waals surface area contributed by atoms with E-state index in [-0.39, 0.29) is 16.8 Å². The highest BCUT2D eigenvalue weighted by atomic mass is 32.1. The van der Waals surface area contributed by atoms with Crippen LogP contribution >= 0.6 is 11.3 Å². The van der Waals surface area contributed by atoms with Crippen LogP contribution in [0.5, 0.6) is 0 Å². The van der Waals surface area contributed by atoms with Gasteiger partial charge in [0.05, 0.1) is 29.8 Å². The van der Waals surface area contributed by atoms with Gasteiger partial charge in [0, 0.05) is 0 Å². The van der Waals surface area contributed by atoms with Gasteiger partial charge in [-0.3, -0.25) is 14.5 Å². The number of ether oxygens (including phenoxy) is 1. The van der Waals surface area contributed by atoms with Gasteiger partial charge >= 0.3 is 5.97 Å². The molecule has 1 atom stereocenters. The molecule has 35 heavy (non-hydrogen) atoms. The minimum absolute atomic E-state index is 0.00259. The van der Waals surface area contributed by atoms with E-state index >= 15 is 0 Å². The third-order valence-electron chi connectivity index (χ3n) is 6.55. The summed E-state index contributed by atoms with van der Waals surface area (Å²) in [6.45, 7) is 7.62. The van der Waals surface area contributed by atoms with E-state index < -0.39 is 17.9 Å². The molecule has 1 aliphatic rings. The number of nitrogens with zero attached hydrogens (tertiary/aromatic N) is 2. The van der Waals surface area contributed by atoms with Crippen LogP contribution in [0.15, 0.2) is 45.6 Å². The summed E-state index contributed by atoms with van der Waals surface area (Å²) in [5.41, 5.74) is 4.69. The first-order valence-corrected chi connectivity index (χ1v) is 12.1. The van der Waals surface area contributed by atoms with Crippen molar-refractivity contribution in [3.63, 3.8) is 0 Å². The Balaban J connectivity index is 1.78. The Bertz CT molecular complexity index is 1570. The summed E-state index contributed by atoms with van der Waals surface area (Å²) in [6.07, 6.45) is 0.865. The molecule has 3 heterocycles. The Morgan fingerprint density at radius 3 is 2.46 bits per heavy atom. The van der Waals surface area contributed by atoms with Gasteiger partial charge in [-0.05, 0) is 61.6 Å². The van der Waals surface area contributed by atoms with Gasteiger partial charge in [-0.2, -0.15) is 0 Å². The molecule has 0 bridgehead atoms. The molecule has 4 aromatic rings. The second kappa shape index (κ2) is 8.46. The number of hydrogen-bond donors (Lipinski definition) is 0. The highest BCUT2D eigenvalue weighted by molar-refractivity contribution is 7.17. The molecular weight excluding hydrogens is 464 g/mol. The maximum atomic E-state index is 13.8. The largest absolute Gasteiger partial charge is 0.465 e. The fraction of sp³-hybridized carbons (Fsp3) is 0.259. The zero-order valence-electron chi connectivity index (χ0n) is 20.1. The van der Waals surface area contributed by atoms with Crippen molar-refractivity contribution in [3.05, 3.63) is 90.8 Å². The fourth-order valence-corrected chi connectivity index (χ4v) is 5.46. The number of benzene rings is 2. The van der Waals surface area contributed by atoms with E-state index in [1.165, 1.54) is 12.0 Å². The number of hydrogen-bond acceptors (Lipinski definition) is 7. The number of amides is 1. The third-order valence-corrected chi connectivity index (χ3v) is 7.69. The molecule has 8 heteroatoms. The number of aromatic nitrogens is 1. The van der Waals surface area contributed by atoms with Crippen LogP contribution in [0, 0.1) is 20.8 Å². The maximum Gasteiger partial charge on any atom is 0.350 e. The first-order chi connectivity index (χ1) is 16.7. The van der Waals surface area contributed by atoms with Crippen molar-refractivity contribution >= 4 is 39.3 Å². The van der Waals surface area contributed by atoms with Gasteiger partial charge in [0.1, 0.15) is 10.5 Å². The number of carbonyl (C=O) groups is 2. The molecule has 0 saturated carbocycles. The smallest absolute Gasteiger partial charge is 0.350 e. The second-order valence-corrected chi connectivity index (χ2v) is 9.66. The number of esters is 1. The van der Waals surface area contributed by atoms with Crippen LogP contribution in [0.2, 0.25) is 0 Å². The van der Waals surface area contributed by atoms with Gasteiger partial charge in [0.2, 0.25) is 5.76 Å². The van der Waals surface area contributed by atoms with E-state index in [1.54, 1.807) is 13.0 Å². The van der Waals surface area contributed by atoms with Crippen molar-refractivity contribution in [2.45, 2.75) is 40.2 Å². The first kappa shape index (κ1) is 23.0. The molecule has 0 N–H and O–H groups in total. The number of carbonyl (C=O) groups excluding carboxylic acids is 2. The molecule has 2 aromatic carbocycles. The maximum absolute atomic E-state index is 13.8. The second-order valence-electron chi connectivity index (χ2n) is 8.68. The molecule has 7 nitrogen and oxygen atoms in total. The molecule has 1 aliphatic heterocycles. The van der Waals surface area contributed by atoms with Crippen LogP contribution in [-0.2, 0) is 11.2 Å². The lowest BCUT2D eigenvalue weighted by atomic mass is 9.96. The average molecular weight is 489 g/mol. The fourth-order valence-electron chi connectivity index (χ4n) is 4.44. The van der Waals surface area contributed by atoms with Crippen molar-refractivity contribution in [1.29, 1.82) is 0 Å². The molecule has 1 unspecified atom stereocenters. The zero-order valence-corrected chi connectivity index (χ0v) is 20.9. The van der Waals surface area contributed by atoms with Crippen molar-refractivity contribution in [3.8, 4) is 0 Å². The Hall–Kier alpha value is -3.78. The minimum atomic E-state index is -0.735. The molecule has 0 aliphatic carbocycles. The highest BCUT2D eigenvalue weighted by Crippen LogP contribution is 2.43. The Kier molecular flexibility index (Phi) is 5.56. The number of anilines is 1. The quantitative estimate of drug-likeness (QED) is 0.364. The van der Waals surface area contributed by atoms with Crippen LogP contribution in [0.4, 0.5) is 5.13 Å². The van der Waals surface area contributed by atoms with E-state index in [4.69, 9.17) is 9.15 Å². The number of methoxy groups -OCH3 is 1. The summed E-state index contributed by atoms with van der Waals surface area (Å²) in [6, 6.07) is 10.7. The zero-order chi connectivity index (χ0) is 25.0. The molecule has 2 aromatic heterocycles. The van der Waals surface area contributed by atoms with Crippen molar-refractivity contribution in [2.75, 3.05) is 12.0 Å². The van der Waals surface area contributed by atoms with Crippen molar-refractivity contribution < 1.29 is 18.7 Å². The van der Waals surface area contributed by atoms with Gasteiger partial charge in [-0.25, -0.2) is 9.78 Å². The topological polar surface area (TPSA) is 89.7 Å². The lowest BCUT2D eigenvalue weighted by molar-refractivity contribution is 0.0605. The summed E-state index contributed by atoms with van der Waals surface area (Å²) in [7, 11) is 1.30. The summed E-state index contributed by atoms with van der Waals surface area (Å²) in [5, 5.41) is 0.738. The summed E-state index contributed by atoms with van der Waals surface area (Å²) < 4.78 is 11.0. The first-order valence-electron chi connectivity index (χ1n) is 11.3. The number of thiazole rings is 1. The van der Waals surface area contributed by atoms with E-state index in [0.717, 1.165) is 40.0 Å². The summed E-state index contributed by atoms with van der Waals surface area (Å²) >= 11 is 1.06. The Morgan fingerprint density at radius 2 is 1.80 bits per heavy atom. The monoisotopic (exact) mass is 488 g/mol. The number of rotatable bonds is 4. The van der Waals surface area contributed by atoms with E-state index in [2.05, 4.69) is 11.9 Å². The molecule has 0 spiro atoms. The molecular formula is C27H24N2O5S. The predicted octanol–water partition coefficient (Wildman–Crippen LogP) is 5.27. The lowest BCUT2D eigenvalue weighted by Gasteiger charge is -2.22. The normalized spacial score (nSPS) is 15.1. The van der Waals surface area contributed by atoms with Gasteiger partial charge < -0.3 is 9.15 Å². The summed E-state index contributed by atoms with van der Waals surface area (Å²) in [5.74, 6) is -0.986.